The molecule has 2 rings (SSSR count). The Bertz CT molecular complexity index is 585. The second kappa shape index (κ2) is 7.37. The number of amides is 1. The van der Waals surface area contributed by atoms with Crippen LogP contribution in [0, 0.1) is 21.8 Å². The first-order valence-electron chi connectivity index (χ1n) is 6.65. The highest BCUT2D eigenvalue weighted by atomic mass is 35.5. The fourth-order valence-electron chi connectivity index (χ4n) is 2.37. The fourth-order valence-corrected chi connectivity index (χ4v) is 2.37. The van der Waals surface area contributed by atoms with Gasteiger partial charge < -0.3 is 16.4 Å². The molecular weight excluding hydrogens is 315 g/mol. The third-order valence-corrected chi connectivity index (χ3v) is 3.71. The van der Waals surface area contributed by atoms with Crippen molar-refractivity contribution >= 4 is 29.7 Å². The van der Waals surface area contributed by atoms with Gasteiger partial charge in [-0.1, -0.05) is 6.92 Å². The number of hydrogen-bond donors (Lipinski definition) is 3. The van der Waals surface area contributed by atoms with Gasteiger partial charge in [0.25, 0.3) is 11.6 Å². The van der Waals surface area contributed by atoms with E-state index in [4.69, 9.17) is 5.73 Å². The molecule has 1 aromatic carbocycles. The summed E-state index contributed by atoms with van der Waals surface area (Å²) in [7, 11) is 0. The van der Waals surface area contributed by atoms with E-state index in [2.05, 4.69) is 10.6 Å². The summed E-state index contributed by atoms with van der Waals surface area (Å²) in [4.78, 5) is 22.2. The minimum atomic E-state index is -0.865. The van der Waals surface area contributed by atoms with Crippen LogP contribution in [-0.2, 0) is 0 Å². The van der Waals surface area contributed by atoms with Crippen LogP contribution >= 0.6 is 12.4 Å². The van der Waals surface area contributed by atoms with Crippen LogP contribution in [0.2, 0.25) is 0 Å². The Morgan fingerprint density at radius 1 is 1.55 bits per heavy atom. The third kappa shape index (κ3) is 3.83. The smallest absolute Gasteiger partial charge is 0.295 e. The molecule has 0 spiro atoms. The van der Waals surface area contributed by atoms with Crippen LogP contribution in [0.3, 0.4) is 0 Å². The lowest BCUT2D eigenvalue weighted by Gasteiger charge is -2.30. The van der Waals surface area contributed by atoms with Crippen molar-refractivity contribution in [1.82, 2.24) is 10.6 Å². The highest BCUT2D eigenvalue weighted by Crippen LogP contribution is 2.27. The normalized spacial score (nSPS) is 20.8. The fraction of sp³-hybridized carbons (Fsp3) is 0.462. The maximum atomic E-state index is 13.4. The zero-order valence-electron chi connectivity index (χ0n) is 12.0. The lowest BCUT2D eigenvalue weighted by Crippen LogP contribution is -2.50. The molecule has 22 heavy (non-hydrogen) atoms. The number of benzene rings is 1. The number of anilines is 1. The number of halogens is 2. The minimum absolute atomic E-state index is 0. The van der Waals surface area contributed by atoms with E-state index in [-0.39, 0.29) is 35.6 Å². The van der Waals surface area contributed by atoms with Crippen LogP contribution in [0.15, 0.2) is 12.1 Å². The average Bonchev–Trinajstić information content (AvgIpc) is 2.43. The maximum absolute atomic E-state index is 13.4. The van der Waals surface area contributed by atoms with Gasteiger partial charge in [-0.05, 0) is 24.9 Å². The molecule has 1 aliphatic rings. The molecule has 0 bridgehead atoms. The highest BCUT2D eigenvalue weighted by Gasteiger charge is 2.26. The molecule has 1 aliphatic heterocycles. The first kappa shape index (κ1) is 18.1. The summed E-state index contributed by atoms with van der Waals surface area (Å²) in [5.74, 6) is -1.20. The number of carbonyl (C=O) groups is 1. The molecule has 0 aromatic heterocycles. The van der Waals surface area contributed by atoms with E-state index in [1.807, 2.05) is 6.92 Å². The average molecular weight is 333 g/mol. The number of carbonyl (C=O) groups excluding carboxylic acids is 1. The van der Waals surface area contributed by atoms with Crippen LogP contribution in [0.5, 0.6) is 0 Å². The van der Waals surface area contributed by atoms with Gasteiger partial charge in [-0.15, -0.1) is 12.4 Å². The zero-order valence-corrected chi connectivity index (χ0v) is 12.8. The maximum Gasteiger partial charge on any atom is 0.295 e. The molecule has 1 heterocycles. The van der Waals surface area contributed by atoms with Gasteiger partial charge in [0.05, 0.1) is 16.6 Å². The van der Waals surface area contributed by atoms with Crippen molar-refractivity contribution < 1.29 is 14.1 Å². The molecule has 2 atom stereocenters. The number of nitro benzene ring substituents is 1. The van der Waals surface area contributed by atoms with E-state index in [0.29, 0.717) is 12.6 Å². The van der Waals surface area contributed by atoms with Crippen LogP contribution in [0.25, 0.3) is 0 Å². The number of nitrogens with one attached hydrogen (secondary N) is 2. The van der Waals surface area contributed by atoms with Gasteiger partial charge in [-0.3, -0.25) is 14.9 Å². The Balaban J connectivity index is 0.00000242. The van der Waals surface area contributed by atoms with Crippen molar-refractivity contribution in [2.24, 2.45) is 5.92 Å². The third-order valence-electron chi connectivity index (χ3n) is 3.71. The number of nitrogen functional groups attached to an aromatic ring is 1. The summed E-state index contributed by atoms with van der Waals surface area (Å²) >= 11 is 0. The van der Waals surface area contributed by atoms with Crippen LogP contribution in [0.4, 0.5) is 15.8 Å². The van der Waals surface area contributed by atoms with E-state index < -0.39 is 22.3 Å². The topological polar surface area (TPSA) is 110 Å². The molecule has 9 heteroatoms. The second-order valence-electron chi connectivity index (χ2n) is 5.19. The van der Waals surface area contributed by atoms with Crippen molar-refractivity contribution in [2.45, 2.75) is 19.4 Å². The summed E-state index contributed by atoms with van der Waals surface area (Å²) in [6.07, 6.45) is 0.906. The number of nitrogens with zero attached hydrogens (tertiary/aromatic N) is 1. The van der Waals surface area contributed by atoms with Gasteiger partial charge in [0.1, 0.15) is 11.5 Å². The predicted octanol–water partition coefficient (Wildman–Crippen LogP) is 1.47. The van der Waals surface area contributed by atoms with Crippen molar-refractivity contribution in [2.75, 3.05) is 18.8 Å². The van der Waals surface area contributed by atoms with Crippen molar-refractivity contribution in [1.29, 1.82) is 0 Å². The Morgan fingerprint density at radius 2 is 2.23 bits per heavy atom. The van der Waals surface area contributed by atoms with Gasteiger partial charge in [0.2, 0.25) is 0 Å². The Labute approximate surface area is 133 Å². The Kier molecular flexibility index (Phi) is 6.07. The molecule has 0 radical (unpaired) electrons. The SMILES string of the molecule is CC1CCNCC1NC(=O)c1cc(F)cc([N+](=O)[O-])c1N.Cl. The second-order valence-corrected chi connectivity index (χ2v) is 5.19. The lowest BCUT2D eigenvalue weighted by molar-refractivity contribution is -0.384. The molecule has 1 aromatic rings. The Morgan fingerprint density at radius 3 is 2.82 bits per heavy atom. The van der Waals surface area contributed by atoms with Gasteiger partial charge in [0.15, 0.2) is 0 Å². The molecule has 7 nitrogen and oxygen atoms in total. The Hall–Kier alpha value is -1.93. The first-order valence-corrected chi connectivity index (χ1v) is 6.65. The molecule has 2 unspecified atom stereocenters. The van der Waals surface area contributed by atoms with Crippen molar-refractivity contribution in [3.63, 3.8) is 0 Å². The van der Waals surface area contributed by atoms with Crippen LogP contribution in [0.1, 0.15) is 23.7 Å². The molecule has 122 valence electrons. The number of hydrogen-bond acceptors (Lipinski definition) is 5. The van der Waals surface area contributed by atoms with Gasteiger partial charge in [0, 0.05) is 12.6 Å². The standard InChI is InChI=1S/C13H17FN4O3.ClH/c1-7-2-3-16-6-10(7)17-13(19)9-4-8(14)5-11(12(9)15)18(20)21;/h4-5,7,10,16H,2-3,6,15H2,1H3,(H,17,19);1H. The zero-order chi connectivity index (χ0) is 15.6. The van der Waals surface area contributed by atoms with E-state index in [1.165, 1.54) is 0 Å². The molecule has 1 amide bonds. The van der Waals surface area contributed by atoms with E-state index in [0.717, 1.165) is 19.0 Å². The molecule has 0 aliphatic carbocycles. The summed E-state index contributed by atoms with van der Waals surface area (Å²) < 4.78 is 13.4. The van der Waals surface area contributed by atoms with Gasteiger partial charge in [-0.2, -0.15) is 0 Å². The van der Waals surface area contributed by atoms with E-state index >= 15 is 0 Å². The molecular formula is C13H18ClFN4O3. The highest BCUT2D eigenvalue weighted by molar-refractivity contribution is 6.01. The van der Waals surface area contributed by atoms with Gasteiger partial charge in [-0.25, -0.2) is 4.39 Å². The number of rotatable bonds is 3. The van der Waals surface area contributed by atoms with E-state index in [9.17, 15) is 19.3 Å². The minimum Gasteiger partial charge on any atom is -0.393 e. The number of nitro groups is 1. The lowest BCUT2D eigenvalue weighted by atomic mass is 9.94. The van der Waals surface area contributed by atoms with Gasteiger partial charge >= 0.3 is 0 Å². The van der Waals surface area contributed by atoms with Crippen LogP contribution < -0.4 is 16.4 Å². The summed E-state index contributed by atoms with van der Waals surface area (Å²) in [6.45, 7) is 3.48. The quantitative estimate of drug-likeness (QED) is 0.441. The molecule has 4 N–H and O–H groups in total. The van der Waals surface area contributed by atoms with E-state index in [1.54, 1.807) is 0 Å². The largest absolute Gasteiger partial charge is 0.393 e. The summed E-state index contributed by atoms with van der Waals surface area (Å²) in [6, 6.07) is 1.50. The molecule has 1 fully saturated rings. The van der Waals surface area contributed by atoms with Crippen molar-refractivity contribution in [3.05, 3.63) is 33.6 Å². The summed E-state index contributed by atoms with van der Waals surface area (Å²) in [5.41, 5.74) is 4.47. The predicted molar refractivity (Wildman–Crippen MR) is 82.6 cm³/mol. The van der Waals surface area contributed by atoms with Crippen LogP contribution in [-0.4, -0.2) is 30.0 Å². The number of piperidine rings is 1. The molecule has 0 saturated carbocycles. The number of nitrogens with two attached hydrogens (primary N) is 1. The summed E-state index contributed by atoms with van der Waals surface area (Å²) in [5, 5.41) is 16.7. The van der Waals surface area contributed by atoms with Crippen molar-refractivity contribution in [3.8, 4) is 0 Å². The monoisotopic (exact) mass is 332 g/mol. The molecule has 1 saturated heterocycles. The first-order chi connectivity index (χ1) is 9.90.